The van der Waals surface area contributed by atoms with Gasteiger partial charge in [-0.15, -0.1) is 0 Å². The molecule has 0 unspecified atom stereocenters. The summed E-state index contributed by atoms with van der Waals surface area (Å²) < 4.78 is 4.82. The van der Waals surface area contributed by atoms with Crippen LogP contribution in [-0.4, -0.2) is 13.1 Å². The van der Waals surface area contributed by atoms with Crippen molar-refractivity contribution in [2.24, 2.45) is 5.41 Å². The minimum Gasteiger partial charge on any atom is -0.466 e. The zero-order chi connectivity index (χ0) is 25.0. The molecule has 0 aliphatic rings. The van der Waals surface area contributed by atoms with Crippen LogP contribution in [0.4, 0.5) is 0 Å². The van der Waals surface area contributed by atoms with Crippen molar-refractivity contribution in [3.63, 3.8) is 0 Å². The number of hydrogen-bond acceptors (Lipinski definition) is 2. The molecule has 0 spiro atoms. The molecule has 0 aromatic heterocycles. The van der Waals surface area contributed by atoms with Gasteiger partial charge < -0.3 is 4.74 Å². The van der Waals surface area contributed by atoms with Crippen molar-refractivity contribution in [1.82, 2.24) is 0 Å². The molecule has 2 aromatic carbocycles. The Kier molecular flexibility index (Phi) is 9.09. The van der Waals surface area contributed by atoms with Gasteiger partial charge in [-0.25, -0.2) is 4.79 Å². The first kappa shape index (κ1) is 27.7. The lowest BCUT2D eigenvalue weighted by Gasteiger charge is -2.39. The number of allylic oxidation sites excluding steroid dienone is 1. The largest absolute Gasteiger partial charge is 0.466 e. The Hall–Kier alpha value is -2.35. The zero-order valence-electron chi connectivity index (χ0n) is 22.7. The molecule has 0 aliphatic heterocycles. The molecule has 0 heterocycles. The summed E-state index contributed by atoms with van der Waals surface area (Å²) in [5, 5.41) is 0. The van der Waals surface area contributed by atoms with Gasteiger partial charge in [-0.3, -0.25) is 0 Å². The highest BCUT2D eigenvalue weighted by Crippen LogP contribution is 2.40. The summed E-state index contributed by atoms with van der Waals surface area (Å²) in [7, 11) is 1.42. The third-order valence-corrected chi connectivity index (χ3v) is 7.80. The van der Waals surface area contributed by atoms with Gasteiger partial charge in [0.2, 0.25) is 0 Å². The molecule has 0 bridgehead atoms. The number of benzene rings is 2. The molecule has 0 radical (unpaired) electrons. The topological polar surface area (TPSA) is 26.3 Å². The first-order valence-electron chi connectivity index (χ1n) is 11.5. The van der Waals surface area contributed by atoms with E-state index in [9.17, 15) is 4.79 Å². The average Bonchev–Trinajstić information content (AvgIpc) is 2.75. The highest BCUT2D eigenvalue weighted by atomic mass is 16.5. The minimum atomic E-state index is -0.257. The van der Waals surface area contributed by atoms with Crippen LogP contribution in [0, 0.1) is 40.0 Å². The van der Waals surface area contributed by atoms with E-state index in [0.29, 0.717) is 11.0 Å². The smallest absolute Gasteiger partial charge is 0.333 e. The first-order valence-corrected chi connectivity index (χ1v) is 11.5. The van der Waals surface area contributed by atoms with Crippen LogP contribution in [0.1, 0.15) is 87.4 Å². The Balaban J connectivity index is 0.000000343. The van der Waals surface area contributed by atoms with E-state index >= 15 is 0 Å². The summed E-state index contributed by atoms with van der Waals surface area (Å²) >= 11 is 0. The summed E-state index contributed by atoms with van der Waals surface area (Å²) in [6.07, 6.45) is 0. The second kappa shape index (κ2) is 10.5. The fraction of sp³-hybridized carbons (Fsp3) is 0.500. The normalized spacial score (nSPS) is 12.5. The third-order valence-electron chi connectivity index (χ3n) is 7.80. The number of carbonyl (C=O) groups excluding carboxylic acids is 1. The van der Waals surface area contributed by atoms with E-state index in [-0.39, 0.29) is 11.4 Å². The number of methoxy groups -OCH3 is 1. The molecular weight excluding hydrogens is 392 g/mol. The lowest BCUT2D eigenvalue weighted by Crippen LogP contribution is -2.33. The minimum absolute atomic E-state index is 0.230. The predicted octanol–water partition coefficient (Wildman–Crippen LogP) is 8.21. The van der Waals surface area contributed by atoms with Crippen LogP contribution in [0.25, 0.3) is 5.57 Å². The van der Waals surface area contributed by atoms with Crippen LogP contribution >= 0.6 is 0 Å². The van der Waals surface area contributed by atoms with Crippen molar-refractivity contribution in [3.8, 4) is 0 Å². The van der Waals surface area contributed by atoms with E-state index < -0.39 is 0 Å². The van der Waals surface area contributed by atoms with Crippen molar-refractivity contribution in [1.29, 1.82) is 0 Å². The second-order valence-electron chi connectivity index (χ2n) is 10.5. The summed E-state index contributed by atoms with van der Waals surface area (Å²) in [4.78, 5) is 11.7. The highest BCUT2D eigenvalue weighted by molar-refractivity contribution is 5.97. The predicted molar refractivity (Wildman–Crippen MR) is 139 cm³/mol. The highest BCUT2D eigenvalue weighted by Gasteiger charge is 2.33. The lowest BCUT2D eigenvalue weighted by atomic mass is 9.65. The van der Waals surface area contributed by atoms with Crippen LogP contribution in [-0.2, 0) is 14.9 Å². The molecule has 0 fully saturated rings. The summed E-state index contributed by atoms with van der Waals surface area (Å²) in [5.41, 5.74) is 11.3. The number of ether oxygens (including phenoxy) is 1. The molecule has 2 nitrogen and oxygen atoms in total. The Morgan fingerprint density at radius 1 is 0.719 bits per heavy atom. The number of esters is 1. The molecule has 32 heavy (non-hydrogen) atoms. The molecule has 0 saturated carbocycles. The fourth-order valence-electron chi connectivity index (χ4n) is 3.84. The molecule has 2 rings (SSSR count). The van der Waals surface area contributed by atoms with Gasteiger partial charge in [0, 0.05) is 5.57 Å². The summed E-state index contributed by atoms with van der Waals surface area (Å²) in [5.74, 6) is -0.257. The SMILES string of the molecule is CC(C)(C)C(C)(C)c1ccccc1.COC(=O)C(C)=C(C)c1c(C)c(C)c(C)c(C)c1C. The Labute approximate surface area is 197 Å². The maximum absolute atomic E-state index is 11.7. The van der Waals surface area contributed by atoms with E-state index in [4.69, 9.17) is 4.74 Å². The zero-order valence-corrected chi connectivity index (χ0v) is 22.7. The van der Waals surface area contributed by atoms with Crippen LogP contribution in [0.3, 0.4) is 0 Å². The van der Waals surface area contributed by atoms with E-state index in [1.165, 1.54) is 46.1 Å². The Morgan fingerprint density at radius 2 is 1.12 bits per heavy atom. The van der Waals surface area contributed by atoms with Crippen molar-refractivity contribution < 1.29 is 9.53 Å². The second-order valence-corrected chi connectivity index (χ2v) is 10.5. The van der Waals surface area contributed by atoms with Gasteiger partial charge in [0.1, 0.15) is 0 Å². The summed E-state index contributed by atoms with van der Waals surface area (Å²) in [6.45, 7) is 26.0. The molecular formula is C30H44O2. The van der Waals surface area contributed by atoms with Crippen molar-refractivity contribution >= 4 is 11.5 Å². The van der Waals surface area contributed by atoms with Crippen molar-refractivity contribution in [2.45, 2.75) is 88.5 Å². The standard InChI is InChI=1S/C17H24O2.C13H20/c1-9-10(2)12(4)16(13(5)11(9)3)14(6)15(7)17(18)19-8;1-12(2,3)13(4,5)11-9-7-6-8-10-11/h1-8H3;6-10H,1-5H3. The van der Waals surface area contributed by atoms with Gasteiger partial charge in [-0.05, 0) is 104 Å². The van der Waals surface area contributed by atoms with E-state index in [2.05, 4.69) is 99.6 Å². The molecule has 0 aliphatic carbocycles. The van der Waals surface area contributed by atoms with E-state index in [1.54, 1.807) is 0 Å². The van der Waals surface area contributed by atoms with Crippen LogP contribution in [0.5, 0.6) is 0 Å². The number of carbonyl (C=O) groups is 1. The maximum Gasteiger partial charge on any atom is 0.333 e. The molecule has 2 heteroatoms. The quantitative estimate of drug-likeness (QED) is 0.358. The molecule has 0 amide bonds. The fourth-order valence-corrected chi connectivity index (χ4v) is 3.84. The lowest BCUT2D eigenvalue weighted by molar-refractivity contribution is -0.135. The Bertz CT molecular complexity index is 955. The molecule has 176 valence electrons. The van der Waals surface area contributed by atoms with Gasteiger partial charge in [0.05, 0.1) is 7.11 Å². The monoisotopic (exact) mass is 436 g/mol. The molecule has 0 saturated heterocycles. The van der Waals surface area contributed by atoms with E-state index in [0.717, 1.165) is 5.57 Å². The van der Waals surface area contributed by atoms with Crippen LogP contribution < -0.4 is 0 Å². The van der Waals surface area contributed by atoms with Gasteiger partial charge in [0.15, 0.2) is 0 Å². The van der Waals surface area contributed by atoms with Gasteiger partial charge >= 0.3 is 5.97 Å². The van der Waals surface area contributed by atoms with Crippen molar-refractivity contribution in [3.05, 3.63) is 74.8 Å². The van der Waals surface area contributed by atoms with Crippen LogP contribution in [0.2, 0.25) is 0 Å². The maximum atomic E-state index is 11.7. The molecule has 0 atom stereocenters. The Morgan fingerprint density at radius 3 is 1.50 bits per heavy atom. The number of hydrogen-bond donors (Lipinski definition) is 0. The first-order chi connectivity index (χ1) is 14.6. The van der Waals surface area contributed by atoms with Gasteiger partial charge in [-0.1, -0.05) is 65.0 Å². The van der Waals surface area contributed by atoms with Gasteiger partial charge in [-0.2, -0.15) is 0 Å². The van der Waals surface area contributed by atoms with Crippen molar-refractivity contribution in [2.75, 3.05) is 7.11 Å². The van der Waals surface area contributed by atoms with Gasteiger partial charge in [0.25, 0.3) is 0 Å². The molecule has 2 aromatic rings. The average molecular weight is 437 g/mol. The molecule has 0 N–H and O–H groups in total. The summed E-state index contributed by atoms with van der Waals surface area (Å²) in [6, 6.07) is 10.7. The van der Waals surface area contributed by atoms with Crippen LogP contribution in [0.15, 0.2) is 35.9 Å². The van der Waals surface area contributed by atoms with E-state index in [1.807, 2.05) is 13.8 Å². The number of rotatable bonds is 3. The third kappa shape index (κ3) is 5.71.